The summed E-state index contributed by atoms with van der Waals surface area (Å²) in [6.45, 7) is 2.09. The second-order valence-corrected chi connectivity index (χ2v) is 7.91. The lowest BCUT2D eigenvalue weighted by molar-refractivity contribution is 0.112. The van der Waals surface area contributed by atoms with Crippen LogP contribution in [0.5, 0.6) is 0 Å². The van der Waals surface area contributed by atoms with Gasteiger partial charge >= 0.3 is 0 Å². The van der Waals surface area contributed by atoms with Gasteiger partial charge in [-0.05, 0) is 42.1 Å². The van der Waals surface area contributed by atoms with Gasteiger partial charge < -0.3 is 0 Å². The molecule has 5 heteroatoms. The summed E-state index contributed by atoms with van der Waals surface area (Å²) >= 11 is 0. The molecule has 5 rings (SSSR count). The van der Waals surface area contributed by atoms with E-state index in [0.717, 1.165) is 39.7 Å². The van der Waals surface area contributed by atoms with Gasteiger partial charge in [-0.25, -0.2) is 0 Å². The van der Waals surface area contributed by atoms with Gasteiger partial charge in [0, 0.05) is 40.6 Å². The highest BCUT2D eigenvalue weighted by molar-refractivity contribution is 5.97. The van der Waals surface area contributed by atoms with Gasteiger partial charge in [-0.15, -0.1) is 0 Å². The van der Waals surface area contributed by atoms with E-state index in [1.165, 1.54) is 0 Å². The normalized spacial score (nSPS) is 12.2. The van der Waals surface area contributed by atoms with E-state index < -0.39 is 0 Å². The Hall–Kier alpha value is -4.12. The number of nitrogens with zero attached hydrogens (tertiary/aromatic N) is 3. The molecule has 3 aromatic heterocycles. The number of fused-ring (bicyclic) bond motifs is 2. The van der Waals surface area contributed by atoms with Crippen molar-refractivity contribution in [3.63, 3.8) is 0 Å². The average molecular weight is 419 g/mol. The molecule has 0 saturated heterocycles. The lowest BCUT2D eigenvalue weighted by Crippen LogP contribution is -2.25. The van der Waals surface area contributed by atoms with Gasteiger partial charge in [-0.2, -0.15) is 0 Å². The third-order valence-electron chi connectivity index (χ3n) is 5.85. The average Bonchev–Trinajstić information content (AvgIpc) is 2.84. The van der Waals surface area contributed by atoms with Crippen LogP contribution in [0.15, 0.2) is 90.0 Å². The summed E-state index contributed by atoms with van der Waals surface area (Å²) in [5.74, 6) is -0.0210. The number of hydrogen-bond acceptors (Lipinski definition) is 4. The van der Waals surface area contributed by atoms with Gasteiger partial charge in [-0.3, -0.25) is 24.1 Å². The van der Waals surface area contributed by atoms with Crippen LogP contribution < -0.4 is 5.56 Å². The molecule has 0 saturated carbocycles. The monoisotopic (exact) mass is 419 g/mol. The van der Waals surface area contributed by atoms with E-state index in [1.807, 2.05) is 66.7 Å². The van der Waals surface area contributed by atoms with Crippen LogP contribution in [0, 0.1) is 0 Å². The molecular formula is C27H21N3O2. The van der Waals surface area contributed by atoms with Crippen molar-refractivity contribution in [1.29, 1.82) is 0 Å². The van der Waals surface area contributed by atoms with Crippen molar-refractivity contribution in [1.82, 2.24) is 14.5 Å². The SMILES string of the molecule is C[C@H](Cc1nccc2cccnc12)c1cc2cccc(C=O)c2c(=O)n1-c1ccccc1. The van der Waals surface area contributed by atoms with Crippen molar-refractivity contribution >= 4 is 28.0 Å². The van der Waals surface area contributed by atoms with Crippen LogP contribution in [-0.4, -0.2) is 20.8 Å². The van der Waals surface area contributed by atoms with Crippen LogP contribution in [-0.2, 0) is 6.42 Å². The van der Waals surface area contributed by atoms with Gasteiger partial charge in [0.2, 0.25) is 0 Å². The molecule has 0 radical (unpaired) electrons. The van der Waals surface area contributed by atoms with E-state index in [-0.39, 0.29) is 11.5 Å². The Morgan fingerprint density at radius 2 is 1.72 bits per heavy atom. The molecular weight excluding hydrogens is 398 g/mol. The van der Waals surface area contributed by atoms with E-state index in [9.17, 15) is 9.59 Å². The number of carbonyl (C=O) groups is 1. The van der Waals surface area contributed by atoms with Gasteiger partial charge in [0.15, 0.2) is 6.29 Å². The zero-order valence-electron chi connectivity index (χ0n) is 17.6. The minimum absolute atomic E-state index is 0.0210. The molecule has 0 amide bonds. The molecule has 0 spiro atoms. The molecule has 0 fully saturated rings. The number of hydrogen-bond donors (Lipinski definition) is 0. The first-order chi connectivity index (χ1) is 15.7. The molecule has 0 N–H and O–H groups in total. The van der Waals surface area contributed by atoms with E-state index in [2.05, 4.69) is 16.9 Å². The topological polar surface area (TPSA) is 64.8 Å². The predicted molar refractivity (Wildman–Crippen MR) is 127 cm³/mol. The van der Waals surface area contributed by atoms with Crippen molar-refractivity contribution in [3.8, 4) is 5.69 Å². The quantitative estimate of drug-likeness (QED) is 0.372. The largest absolute Gasteiger partial charge is 0.298 e. The molecule has 156 valence electrons. The first kappa shape index (κ1) is 19.8. The summed E-state index contributed by atoms with van der Waals surface area (Å²) in [6, 6.07) is 22.8. The Morgan fingerprint density at radius 3 is 2.53 bits per heavy atom. The second-order valence-electron chi connectivity index (χ2n) is 7.91. The maximum Gasteiger partial charge on any atom is 0.263 e. The molecule has 0 unspecified atom stereocenters. The molecule has 32 heavy (non-hydrogen) atoms. The molecule has 0 aliphatic heterocycles. The van der Waals surface area contributed by atoms with Crippen LogP contribution in [0.2, 0.25) is 0 Å². The summed E-state index contributed by atoms with van der Waals surface area (Å²) in [4.78, 5) is 34.4. The highest BCUT2D eigenvalue weighted by Gasteiger charge is 2.19. The van der Waals surface area contributed by atoms with E-state index in [4.69, 9.17) is 0 Å². The first-order valence-corrected chi connectivity index (χ1v) is 10.6. The third kappa shape index (κ3) is 3.38. The molecule has 5 aromatic rings. The summed E-state index contributed by atoms with van der Waals surface area (Å²) in [7, 11) is 0. The number of aldehydes is 1. The van der Waals surface area contributed by atoms with Crippen molar-refractivity contribution in [2.75, 3.05) is 0 Å². The van der Waals surface area contributed by atoms with Crippen molar-refractivity contribution in [3.05, 3.63) is 112 Å². The van der Waals surface area contributed by atoms with Gasteiger partial charge in [0.05, 0.1) is 16.6 Å². The van der Waals surface area contributed by atoms with Crippen LogP contribution in [0.25, 0.3) is 27.4 Å². The molecule has 1 atom stereocenters. The highest BCUT2D eigenvalue weighted by atomic mass is 16.1. The molecule has 0 bridgehead atoms. The Balaban J connectivity index is 1.72. The summed E-state index contributed by atoms with van der Waals surface area (Å²) < 4.78 is 1.72. The maximum atomic E-state index is 13.7. The van der Waals surface area contributed by atoms with Crippen LogP contribution in [0.3, 0.4) is 0 Å². The van der Waals surface area contributed by atoms with E-state index in [0.29, 0.717) is 17.4 Å². The van der Waals surface area contributed by atoms with Crippen molar-refractivity contribution in [2.45, 2.75) is 19.3 Å². The van der Waals surface area contributed by atoms with Gasteiger partial charge in [0.25, 0.3) is 5.56 Å². The third-order valence-corrected chi connectivity index (χ3v) is 5.85. The fourth-order valence-electron chi connectivity index (χ4n) is 4.32. The Kier molecular flexibility index (Phi) is 5.07. The van der Waals surface area contributed by atoms with Crippen LogP contribution >= 0.6 is 0 Å². The summed E-state index contributed by atoms with van der Waals surface area (Å²) in [6.07, 6.45) is 4.94. The Labute approximate surface area is 185 Å². The predicted octanol–water partition coefficient (Wildman–Crippen LogP) is 5.09. The zero-order chi connectivity index (χ0) is 22.1. The van der Waals surface area contributed by atoms with Crippen molar-refractivity contribution < 1.29 is 4.79 Å². The zero-order valence-corrected chi connectivity index (χ0v) is 17.6. The lowest BCUT2D eigenvalue weighted by Gasteiger charge is -2.20. The van der Waals surface area contributed by atoms with E-state index in [1.54, 1.807) is 23.0 Å². The summed E-state index contributed by atoms with van der Waals surface area (Å²) in [5.41, 5.74) is 3.61. The van der Waals surface area contributed by atoms with Crippen LogP contribution in [0.4, 0.5) is 0 Å². The fourth-order valence-corrected chi connectivity index (χ4v) is 4.32. The smallest absolute Gasteiger partial charge is 0.263 e. The second kappa shape index (κ2) is 8.19. The van der Waals surface area contributed by atoms with Crippen LogP contribution in [0.1, 0.15) is 34.6 Å². The minimum Gasteiger partial charge on any atom is -0.298 e. The Morgan fingerprint density at radius 1 is 0.906 bits per heavy atom. The number of benzene rings is 2. The lowest BCUT2D eigenvalue weighted by atomic mass is 9.96. The summed E-state index contributed by atoms with van der Waals surface area (Å²) in [5, 5.41) is 2.24. The number of carbonyl (C=O) groups excluding carboxylic acids is 1. The standard InChI is InChI=1S/C27H21N3O2/c1-18(15-23-26-19(12-14-28-23)9-6-13-29-26)24-16-20-7-5-8-21(17-31)25(20)27(32)30(24)22-10-3-2-4-11-22/h2-14,16-18H,15H2,1H3/t18-/m1/s1. The van der Waals surface area contributed by atoms with Gasteiger partial charge in [-0.1, -0.05) is 49.4 Å². The Bertz CT molecular complexity index is 1500. The molecule has 0 aliphatic rings. The number of aromatic nitrogens is 3. The molecule has 5 nitrogen and oxygen atoms in total. The maximum absolute atomic E-state index is 13.7. The minimum atomic E-state index is -0.192. The molecule has 3 heterocycles. The molecule has 2 aromatic carbocycles. The fraction of sp³-hybridized carbons (Fsp3) is 0.111. The van der Waals surface area contributed by atoms with Gasteiger partial charge in [0.1, 0.15) is 0 Å². The van der Waals surface area contributed by atoms with Crippen molar-refractivity contribution in [2.24, 2.45) is 0 Å². The number of para-hydroxylation sites is 1. The molecule has 0 aliphatic carbocycles. The number of pyridine rings is 3. The number of rotatable bonds is 5. The first-order valence-electron chi connectivity index (χ1n) is 10.6. The van der Waals surface area contributed by atoms with E-state index >= 15 is 0 Å². The highest BCUT2D eigenvalue weighted by Crippen LogP contribution is 2.27.